The fraction of sp³-hybridized carbons (Fsp3) is 0.417. The maximum atomic E-state index is 13.4. The highest BCUT2D eigenvalue weighted by Crippen LogP contribution is 2.24. The van der Waals surface area contributed by atoms with Crippen LogP contribution in [0.25, 0.3) is 0 Å². The maximum absolute atomic E-state index is 13.4. The third-order valence-corrected chi connectivity index (χ3v) is 3.26. The topological polar surface area (TPSA) is 24.1 Å². The van der Waals surface area contributed by atoms with Crippen molar-refractivity contribution < 1.29 is 17.6 Å². The predicted molar refractivity (Wildman–Crippen MR) is 67.9 cm³/mol. The molecule has 1 aliphatic rings. The van der Waals surface area contributed by atoms with Gasteiger partial charge in [-0.3, -0.25) is 0 Å². The minimum Gasteiger partial charge on any atom is -0.360 e. The van der Waals surface area contributed by atoms with Crippen LogP contribution in [0.15, 0.2) is 6.07 Å². The Labute approximate surface area is 113 Å². The fourth-order valence-electron chi connectivity index (χ4n) is 2.09. The summed E-state index contributed by atoms with van der Waals surface area (Å²) in [5, 5.41) is 4.99. The average molecular weight is 292 g/mol. The third-order valence-electron chi connectivity index (χ3n) is 3.04. The first-order chi connectivity index (χ1) is 8.99. The molecule has 1 aliphatic carbocycles. The van der Waals surface area contributed by atoms with Crippen LogP contribution < -0.4 is 10.6 Å². The molecule has 0 heterocycles. The van der Waals surface area contributed by atoms with Gasteiger partial charge in [-0.2, -0.15) is 0 Å². The van der Waals surface area contributed by atoms with E-state index in [9.17, 15) is 17.6 Å². The van der Waals surface area contributed by atoms with E-state index < -0.39 is 29.0 Å². The van der Waals surface area contributed by atoms with E-state index in [0.29, 0.717) is 0 Å². The summed E-state index contributed by atoms with van der Waals surface area (Å²) in [4.78, 5) is 0. The van der Waals surface area contributed by atoms with Crippen LogP contribution in [0.1, 0.15) is 25.7 Å². The van der Waals surface area contributed by atoms with E-state index in [1.165, 1.54) is 0 Å². The van der Waals surface area contributed by atoms with E-state index in [0.717, 1.165) is 25.7 Å². The van der Waals surface area contributed by atoms with Gasteiger partial charge < -0.3 is 10.6 Å². The first-order valence-corrected chi connectivity index (χ1v) is 6.30. The Morgan fingerprint density at radius 1 is 1.05 bits per heavy atom. The van der Waals surface area contributed by atoms with Crippen molar-refractivity contribution in [1.82, 2.24) is 5.32 Å². The van der Waals surface area contributed by atoms with E-state index in [-0.39, 0.29) is 17.2 Å². The van der Waals surface area contributed by atoms with Crippen LogP contribution >= 0.6 is 12.2 Å². The molecule has 1 aromatic carbocycles. The molecule has 19 heavy (non-hydrogen) atoms. The normalized spacial score (nSPS) is 15.6. The SMILES string of the molecule is Fc1cc(F)c(F)c(NC(=S)NC2CCCC2)c1F. The lowest BCUT2D eigenvalue weighted by molar-refractivity contribution is 0.459. The van der Waals surface area contributed by atoms with E-state index in [1.54, 1.807) is 0 Å². The zero-order valence-corrected chi connectivity index (χ0v) is 10.7. The molecule has 0 aromatic heterocycles. The Morgan fingerprint density at radius 2 is 1.58 bits per heavy atom. The number of thiocarbonyl (C=S) groups is 1. The average Bonchev–Trinajstić information content (AvgIpc) is 2.85. The quantitative estimate of drug-likeness (QED) is 0.496. The van der Waals surface area contributed by atoms with Gasteiger partial charge in [-0.15, -0.1) is 0 Å². The maximum Gasteiger partial charge on any atom is 0.185 e. The van der Waals surface area contributed by atoms with Gasteiger partial charge in [0.15, 0.2) is 28.4 Å². The highest BCUT2D eigenvalue weighted by Gasteiger charge is 2.21. The lowest BCUT2D eigenvalue weighted by Gasteiger charge is -2.16. The van der Waals surface area contributed by atoms with Crippen molar-refractivity contribution >= 4 is 23.0 Å². The second-order valence-electron chi connectivity index (χ2n) is 4.42. The molecule has 0 unspecified atom stereocenters. The molecule has 2 N–H and O–H groups in total. The van der Waals surface area contributed by atoms with Crippen LogP contribution in [-0.4, -0.2) is 11.2 Å². The molecule has 0 bridgehead atoms. The first-order valence-electron chi connectivity index (χ1n) is 5.89. The van der Waals surface area contributed by atoms with E-state index in [4.69, 9.17) is 12.2 Å². The molecular formula is C12H12F4N2S. The summed E-state index contributed by atoms with van der Waals surface area (Å²) in [6, 6.07) is 0.285. The third kappa shape index (κ3) is 3.15. The molecule has 0 radical (unpaired) electrons. The van der Waals surface area contributed by atoms with Crippen molar-refractivity contribution in [2.45, 2.75) is 31.7 Å². The summed E-state index contributed by atoms with van der Waals surface area (Å²) in [6.45, 7) is 0. The standard InChI is InChI=1S/C12H12F4N2S/c13-7-5-8(14)10(16)11(9(7)15)18-12(19)17-6-3-1-2-4-6/h5-6H,1-4H2,(H2,17,18,19). The summed E-state index contributed by atoms with van der Waals surface area (Å²) in [5.41, 5.74) is -0.909. The summed E-state index contributed by atoms with van der Waals surface area (Å²) in [6.07, 6.45) is 3.92. The van der Waals surface area contributed by atoms with Gasteiger partial charge in [-0.1, -0.05) is 12.8 Å². The molecule has 0 aliphatic heterocycles. The van der Waals surface area contributed by atoms with Gasteiger partial charge in [0.2, 0.25) is 0 Å². The summed E-state index contributed by atoms with van der Waals surface area (Å²) >= 11 is 4.88. The molecular weight excluding hydrogens is 280 g/mol. The van der Waals surface area contributed by atoms with Crippen molar-refractivity contribution in [3.05, 3.63) is 29.3 Å². The Balaban J connectivity index is 2.11. The minimum atomic E-state index is -1.49. The zero-order valence-electron chi connectivity index (χ0n) is 9.90. The number of hydrogen-bond donors (Lipinski definition) is 2. The Kier molecular flexibility index (Phi) is 4.24. The van der Waals surface area contributed by atoms with Crippen molar-refractivity contribution in [2.75, 3.05) is 5.32 Å². The van der Waals surface area contributed by atoms with Crippen LogP contribution in [0.4, 0.5) is 23.2 Å². The highest BCUT2D eigenvalue weighted by molar-refractivity contribution is 7.80. The minimum absolute atomic E-state index is 0.0466. The van der Waals surface area contributed by atoms with Gasteiger partial charge in [-0.05, 0) is 25.1 Å². The van der Waals surface area contributed by atoms with Crippen LogP contribution in [0.5, 0.6) is 0 Å². The molecule has 1 aromatic rings. The molecule has 104 valence electrons. The number of rotatable bonds is 2. The molecule has 2 rings (SSSR count). The second kappa shape index (κ2) is 5.73. The largest absolute Gasteiger partial charge is 0.360 e. The number of hydrogen-bond acceptors (Lipinski definition) is 1. The summed E-state index contributed by atoms with van der Waals surface area (Å²) in [5.74, 6) is -5.92. The van der Waals surface area contributed by atoms with Crippen LogP contribution in [0.3, 0.4) is 0 Å². The van der Waals surface area contributed by atoms with E-state index in [1.807, 2.05) is 0 Å². The Bertz CT molecular complexity index is 475. The molecule has 2 nitrogen and oxygen atoms in total. The number of anilines is 1. The summed E-state index contributed by atoms with van der Waals surface area (Å²) < 4.78 is 52.7. The van der Waals surface area contributed by atoms with Gasteiger partial charge in [0.25, 0.3) is 0 Å². The molecule has 0 atom stereocenters. The van der Waals surface area contributed by atoms with Crippen LogP contribution in [-0.2, 0) is 0 Å². The smallest absolute Gasteiger partial charge is 0.185 e. The molecule has 0 spiro atoms. The summed E-state index contributed by atoms with van der Waals surface area (Å²) in [7, 11) is 0. The molecule has 7 heteroatoms. The Morgan fingerprint density at radius 3 is 2.11 bits per heavy atom. The van der Waals surface area contributed by atoms with Gasteiger partial charge >= 0.3 is 0 Å². The monoisotopic (exact) mass is 292 g/mol. The Hall–Kier alpha value is -1.37. The van der Waals surface area contributed by atoms with Gasteiger partial charge in [0, 0.05) is 12.1 Å². The zero-order chi connectivity index (χ0) is 14.0. The van der Waals surface area contributed by atoms with E-state index in [2.05, 4.69) is 10.6 Å². The first kappa shape index (κ1) is 14.0. The molecule has 1 fully saturated rings. The molecule has 0 saturated heterocycles. The van der Waals surface area contributed by atoms with Gasteiger partial charge in [0.05, 0.1) is 0 Å². The van der Waals surface area contributed by atoms with Gasteiger partial charge in [-0.25, -0.2) is 17.6 Å². The van der Waals surface area contributed by atoms with Gasteiger partial charge in [0.1, 0.15) is 5.69 Å². The fourth-order valence-corrected chi connectivity index (χ4v) is 2.36. The van der Waals surface area contributed by atoms with Crippen molar-refractivity contribution in [2.24, 2.45) is 0 Å². The van der Waals surface area contributed by atoms with Crippen molar-refractivity contribution in [1.29, 1.82) is 0 Å². The number of benzene rings is 1. The van der Waals surface area contributed by atoms with Crippen LogP contribution in [0, 0.1) is 23.3 Å². The van der Waals surface area contributed by atoms with Crippen molar-refractivity contribution in [3.63, 3.8) is 0 Å². The van der Waals surface area contributed by atoms with Crippen LogP contribution in [0.2, 0.25) is 0 Å². The predicted octanol–water partition coefficient (Wildman–Crippen LogP) is 3.47. The molecule has 0 amide bonds. The number of halogens is 4. The number of nitrogens with one attached hydrogen (secondary N) is 2. The second-order valence-corrected chi connectivity index (χ2v) is 4.83. The lowest BCUT2D eigenvalue weighted by atomic mass is 10.2. The molecule has 1 saturated carbocycles. The van der Waals surface area contributed by atoms with E-state index >= 15 is 0 Å². The van der Waals surface area contributed by atoms with Crippen molar-refractivity contribution in [3.8, 4) is 0 Å². The lowest BCUT2D eigenvalue weighted by Crippen LogP contribution is -2.36. The highest BCUT2D eigenvalue weighted by atomic mass is 32.1.